The molecule has 0 saturated carbocycles. The first-order chi connectivity index (χ1) is 13.2. The van der Waals surface area contributed by atoms with Crippen LogP contribution in [0.2, 0.25) is 0 Å². The van der Waals surface area contributed by atoms with Gasteiger partial charge < -0.3 is 14.5 Å². The smallest absolute Gasteiger partial charge is 0.225 e. The van der Waals surface area contributed by atoms with Gasteiger partial charge >= 0.3 is 0 Å². The van der Waals surface area contributed by atoms with Gasteiger partial charge in [0.1, 0.15) is 0 Å². The molecule has 0 unspecified atom stereocenters. The van der Waals surface area contributed by atoms with Gasteiger partial charge in [0.05, 0.1) is 24.6 Å². The Kier molecular flexibility index (Phi) is 5.66. The molecule has 1 fully saturated rings. The van der Waals surface area contributed by atoms with E-state index in [-0.39, 0.29) is 0 Å². The molecule has 146 valence electrons. The number of fused-ring (bicyclic) bond motifs is 1. The highest BCUT2D eigenvalue weighted by Gasteiger charge is 2.18. The summed E-state index contributed by atoms with van der Waals surface area (Å²) >= 11 is 0. The molecule has 1 saturated heterocycles. The molecule has 27 heavy (non-hydrogen) atoms. The fourth-order valence-electron chi connectivity index (χ4n) is 3.74. The van der Waals surface area contributed by atoms with Gasteiger partial charge in [-0.3, -0.25) is 9.58 Å². The van der Waals surface area contributed by atoms with Crippen LogP contribution in [-0.2, 0) is 30.9 Å². The number of ether oxygens (including phenoxy) is 1. The van der Waals surface area contributed by atoms with Gasteiger partial charge in [-0.05, 0) is 26.6 Å². The zero-order chi connectivity index (χ0) is 18.6. The first-order valence-corrected chi connectivity index (χ1v) is 9.74. The summed E-state index contributed by atoms with van der Waals surface area (Å²) in [5.41, 5.74) is 3.61. The van der Waals surface area contributed by atoms with E-state index in [4.69, 9.17) is 9.84 Å². The summed E-state index contributed by atoms with van der Waals surface area (Å²) in [5.74, 6) is 0.810. The van der Waals surface area contributed by atoms with Crippen LogP contribution >= 0.6 is 0 Å². The highest BCUT2D eigenvalue weighted by Crippen LogP contribution is 2.17. The highest BCUT2D eigenvalue weighted by atomic mass is 16.5. The molecule has 4 rings (SSSR count). The van der Waals surface area contributed by atoms with Crippen molar-refractivity contribution in [3.05, 3.63) is 35.4 Å². The molecule has 0 N–H and O–H groups in total. The average molecular weight is 371 g/mol. The summed E-state index contributed by atoms with van der Waals surface area (Å²) in [6.45, 7) is 7.98. The van der Waals surface area contributed by atoms with Gasteiger partial charge in [0.25, 0.3) is 0 Å². The molecule has 0 spiro atoms. The lowest BCUT2D eigenvalue weighted by Crippen LogP contribution is -2.37. The molecule has 0 bridgehead atoms. The number of aryl methyl sites for hydroxylation is 1. The van der Waals surface area contributed by atoms with Crippen molar-refractivity contribution in [2.45, 2.75) is 32.6 Å². The minimum Gasteiger partial charge on any atom is -0.378 e. The van der Waals surface area contributed by atoms with Crippen molar-refractivity contribution >= 4 is 5.95 Å². The van der Waals surface area contributed by atoms with Gasteiger partial charge in [-0.1, -0.05) is 0 Å². The summed E-state index contributed by atoms with van der Waals surface area (Å²) in [7, 11) is 4.16. The summed E-state index contributed by atoms with van der Waals surface area (Å²) in [5, 5.41) is 4.76. The molecule has 4 heterocycles. The fourth-order valence-corrected chi connectivity index (χ4v) is 3.74. The third-order valence-electron chi connectivity index (χ3n) is 5.01. The third-order valence-corrected chi connectivity index (χ3v) is 5.01. The Morgan fingerprint density at radius 2 is 1.85 bits per heavy atom. The van der Waals surface area contributed by atoms with E-state index in [9.17, 15) is 0 Å². The topological polar surface area (TPSA) is 62.6 Å². The van der Waals surface area contributed by atoms with Crippen LogP contribution in [0.4, 0.5) is 5.95 Å². The molecule has 2 aliphatic rings. The summed E-state index contributed by atoms with van der Waals surface area (Å²) in [6.07, 6.45) is 5.05. The maximum absolute atomic E-state index is 5.40. The quantitative estimate of drug-likeness (QED) is 0.776. The van der Waals surface area contributed by atoms with Gasteiger partial charge in [0.15, 0.2) is 0 Å². The number of anilines is 1. The minimum atomic E-state index is 0.752. The lowest BCUT2D eigenvalue weighted by atomic mass is 10.2. The van der Waals surface area contributed by atoms with E-state index in [1.807, 2.05) is 12.4 Å². The van der Waals surface area contributed by atoms with Crippen LogP contribution in [0.15, 0.2) is 18.5 Å². The van der Waals surface area contributed by atoms with E-state index in [1.165, 1.54) is 5.69 Å². The maximum atomic E-state index is 5.40. The Balaban J connectivity index is 1.39. The maximum Gasteiger partial charge on any atom is 0.225 e. The normalized spacial score (nSPS) is 18.6. The van der Waals surface area contributed by atoms with Gasteiger partial charge in [-0.2, -0.15) is 5.10 Å². The van der Waals surface area contributed by atoms with Crippen LogP contribution in [0.3, 0.4) is 0 Å². The molecule has 8 nitrogen and oxygen atoms in total. The van der Waals surface area contributed by atoms with E-state index in [1.54, 1.807) is 0 Å². The summed E-state index contributed by atoms with van der Waals surface area (Å²) in [4.78, 5) is 16.0. The van der Waals surface area contributed by atoms with Crippen molar-refractivity contribution in [3.8, 4) is 0 Å². The van der Waals surface area contributed by atoms with Gasteiger partial charge in [0.2, 0.25) is 5.95 Å². The summed E-state index contributed by atoms with van der Waals surface area (Å²) < 4.78 is 7.57. The molecule has 2 aromatic rings. The SMILES string of the molecule is CN(C)Cc1cc2n(n1)CCCN(Cc1cnc(N3CCOCC3)nc1)C2. The number of aromatic nitrogens is 4. The molecule has 2 aromatic heterocycles. The molecular weight excluding hydrogens is 342 g/mol. The van der Waals surface area contributed by atoms with Crippen LogP contribution in [-0.4, -0.2) is 76.5 Å². The lowest BCUT2D eigenvalue weighted by molar-refractivity contribution is 0.122. The van der Waals surface area contributed by atoms with E-state index < -0.39 is 0 Å². The number of nitrogens with zero attached hydrogens (tertiary/aromatic N) is 7. The van der Waals surface area contributed by atoms with Gasteiger partial charge in [0, 0.05) is 63.8 Å². The second-order valence-electron chi connectivity index (χ2n) is 7.64. The Bertz CT molecular complexity index is 737. The third kappa shape index (κ3) is 4.63. The Hall–Kier alpha value is -2.03. The number of hydrogen-bond acceptors (Lipinski definition) is 7. The molecule has 0 aromatic carbocycles. The molecule has 0 aliphatic carbocycles. The Labute approximate surface area is 160 Å². The predicted molar refractivity (Wildman–Crippen MR) is 103 cm³/mol. The Morgan fingerprint density at radius 3 is 2.59 bits per heavy atom. The monoisotopic (exact) mass is 371 g/mol. The van der Waals surface area contributed by atoms with E-state index in [0.29, 0.717) is 0 Å². The van der Waals surface area contributed by atoms with Crippen molar-refractivity contribution in [2.75, 3.05) is 51.8 Å². The number of hydrogen-bond donors (Lipinski definition) is 0. The first kappa shape index (κ1) is 18.3. The highest BCUT2D eigenvalue weighted by molar-refractivity contribution is 5.30. The van der Waals surface area contributed by atoms with Crippen molar-refractivity contribution in [2.24, 2.45) is 0 Å². The van der Waals surface area contributed by atoms with Crippen LogP contribution < -0.4 is 4.90 Å². The lowest BCUT2D eigenvalue weighted by Gasteiger charge is -2.26. The minimum absolute atomic E-state index is 0.752. The zero-order valence-electron chi connectivity index (χ0n) is 16.3. The molecule has 2 aliphatic heterocycles. The molecule has 8 heteroatoms. The largest absolute Gasteiger partial charge is 0.378 e. The van der Waals surface area contributed by atoms with Crippen LogP contribution in [0, 0.1) is 0 Å². The summed E-state index contributed by atoms with van der Waals surface area (Å²) in [6, 6.07) is 2.25. The standard InChI is InChI=1S/C19H29N7O/c1-23(2)14-17-10-18-15-24(4-3-5-26(18)22-17)13-16-11-20-19(21-12-16)25-6-8-27-9-7-25/h10-12H,3-9,13-15H2,1-2H3. The number of rotatable bonds is 5. The van der Waals surface area contributed by atoms with Crippen LogP contribution in [0.1, 0.15) is 23.4 Å². The van der Waals surface area contributed by atoms with Crippen molar-refractivity contribution < 1.29 is 4.74 Å². The second-order valence-corrected chi connectivity index (χ2v) is 7.64. The average Bonchev–Trinajstić information content (AvgIpc) is 2.93. The zero-order valence-corrected chi connectivity index (χ0v) is 16.3. The van der Waals surface area contributed by atoms with E-state index in [0.717, 1.165) is 82.7 Å². The van der Waals surface area contributed by atoms with Gasteiger partial charge in [-0.25, -0.2) is 9.97 Å². The first-order valence-electron chi connectivity index (χ1n) is 9.74. The van der Waals surface area contributed by atoms with Crippen LogP contribution in [0.5, 0.6) is 0 Å². The van der Waals surface area contributed by atoms with Gasteiger partial charge in [-0.15, -0.1) is 0 Å². The Morgan fingerprint density at radius 1 is 1.07 bits per heavy atom. The van der Waals surface area contributed by atoms with E-state index >= 15 is 0 Å². The molecule has 0 radical (unpaired) electrons. The predicted octanol–water partition coefficient (Wildman–Crippen LogP) is 0.977. The number of morpholine rings is 1. The van der Waals surface area contributed by atoms with E-state index in [2.05, 4.69) is 49.5 Å². The van der Waals surface area contributed by atoms with Crippen molar-refractivity contribution in [1.29, 1.82) is 0 Å². The van der Waals surface area contributed by atoms with Crippen molar-refractivity contribution in [3.63, 3.8) is 0 Å². The molecule has 0 amide bonds. The second kappa shape index (κ2) is 8.33. The molecular formula is C19H29N7O. The van der Waals surface area contributed by atoms with Crippen molar-refractivity contribution in [1.82, 2.24) is 29.5 Å². The van der Waals surface area contributed by atoms with Crippen LogP contribution in [0.25, 0.3) is 0 Å². The molecule has 0 atom stereocenters. The fraction of sp³-hybridized carbons (Fsp3) is 0.632.